The number of rotatable bonds is 6. The molecule has 0 spiro atoms. The van der Waals surface area contributed by atoms with Crippen LogP contribution in [0.15, 0.2) is 47.4 Å². The van der Waals surface area contributed by atoms with Gasteiger partial charge in [0.1, 0.15) is 0 Å². The fourth-order valence-electron chi connectivity index (χ4n) is 2.45. The molecule has 0 aliphatic heterocycles. The third-order valence-electron chi connectivity index (χ3n) is 4.03. The van der Waals surface area contributed by atoms with Crippen LogP contribution < -0.4 is 11.1 Å². The van der Waals surface area contributed by atoms with Crippen LogP contribution in [0.2, 0.25) is 0 Å². The fourth-order valence-corrected chi connectivity index (χ4v) is 3.64. The molecular weight excluding hydrogens is 354 g/mol. The third kappa shape index (κ3) is 4.09. The fraction of sp³-hybridized carbons (Fsp3) is 0.222. The number of carbonyl (C=O) groups is 2. The van der Waals surface area contributed by atoms with Gasteiger partial charge in [0.2, 0.25) is 15.9 Å². The van der Waals surface area contributed by atoms with E-state index < -0.39 is 15.9 Å². The molecule has 2 aromatic carbocycles. The number of benzene rings is 2. The zero-order chi connectivity index (χ0) is 19.5. The summed E-state index contributed by atoms with van der Waals surface area (Å²) in [7, 11) is -0.804. The second-order valence-corrected chi connectivity index (χ2v) is 7.92. The largest absolute Gasteiger partial charge is 0.366 e. The Morgan fingerprint density at radius 2 is 1.73 bits per heavy atom. The zero-order valence-electron chi connectivity index (χ0n) is 14.8. The maximum atomic E-state index is 12.8. The summed E-state index contributed by atoms with van der Waals surface area (Å²) >= 11 is 0. The van der Waals surface area contributed by atoms with Gasteiger partial charge in [0.15, 0.2) is 0 Å². The Morgan fingerprint density at radius 3 is 2.27 bits per heavy atom. The van der Waals surface area contributed by atoms with Gasteiger partial charge in [-0.15, -0.1) is 0 Å². The highest BCUT2D eigenvalue weighted by Crippen LogP contribution is 2.20. The van der Waals surface area contributed by atoms with E-state index in [9.17, 15) is 18.0 Å². The first-order valence-corrected chi connectivity index (χ1v) is 9.28. The summed E-state index contributed by atoms with van der Waals surface area (Å²) in [5.41, 5.74) is 7.31. The topological polar surface area (TPSA) is 110 Å². The summed E-state index contributed by atoms with van der Waals surface area (Å²) in [4.78, 5) is 23.0. The molecule has 0 fully saturated rings. The van der Waals surface area contributed by atoms with Crippen molar-refractivity contribution in [1.29, 1.82) is 0 Å². The molecule has 0 bridgehead atoms. The van der Waals surface area contributed by atoms with E-state index in [0.29, 0.717) is 11.1 Å². The summed E-state index contributed by atoms with van der Waals surface area (Å²) < 4.78 is 26.7. The Hall–Kier alpha value is -2.71. The van der Waals surface area contributed by atoms with E-state index in [4.69, 9.17) is 5.73 Å². The lowest BCUT2D eigenvalue weighted by molar-refractivity contribution is 0.0961. The maximum Gasteiger partial charge on any atom is 0.251 e. The minimum absolute atomic E-state index is 0.00128. The van der Waals surface area contributed by atoms with Crippen LogP contribution in [0.5, 0.6) is 0 Å². The minimum atomic E-state index is -3.79. The van der Waals surface area contributed by atoms with Crippen molar-refractivity contribution in [2.75, 3.05) is 14.1 Å². The summed E-state index contributed by atoms with van der Waals surface area (Å²) in [6, 6.07) is 10.9. The lowest BCUT2D eigenvalue weighted by Crippen LogP contribution is -2.27. The van der Waals surface area contributed by atoms with Crippen LogP contribution in [0.1, 0.15) is 31.8 Å². The van der Waals surface area contributed by atoms with Gasteiger partial charge in [-0.3, -0.25) is 9.59 Å². The van der Waals surface area contributed by atoms with Gasteiger partial charge in [-0.05, 0) is 42.3 Å². The number of sulfonamides is 1. The Kier molecular flexibility index (Phi) is 5.79. The molecule has 0 saturated heterocycles. The summed E-state index contributed by atoms with van der Waals surface area (Å²) in [6.45, 7) is 1.81. The highest BCUT2D eigenvalue weighted by molar-refractivity contribution is 7.89. The predicted octanol–water partition coefficient (Wildman–Crippen LogP) is 1.27. The molecule has 2 amide bonds. The second-order valence-electron chi connectivity index (χ2n) is 5.88. The van der Waals surface area contributed by atoms with Crippen LogP contribution >= 0.6 is 0 Å². The maximum absolute atomic E-state index is 12.8. The number of nitrogens with zero attached hydrogens (tertiary/aromatic N) is 1. The Balaban J connectivity index is 2.25. The number of aryl methyl sites for hydroxylation is 1. The number of nitrogens with two attached hydrogens (primary N) is 1. The van der Waals surface area contributed by atoms with Crippen molar-refractivity contribution in [3.63, 3.8) is 0 Å². The van der Waals surface area contributed by atoms with Crippen LogP contribution in [0.3, 0.4) is 0 Å². The molecule has 0 heterocycles. The van der Waals surface area contributed by atoms with E-state index in [1.54, 1.807) is 44.3 Å². The van der Waals surface area contributed by atoms with Crippen molar-refractivity contribution < 1.29 is 18.0 Å². The highest BCUT2D eigenvalue weighted by Gasteiger charge is 2.22. The second kappa shape index (κ2) is 7.67. The highest BCUT2D eigenvalue weighted by atomic mass is 32.2. The Morgan fingerprint density at radius 1 is 1.12 bits per heavy atom. The molecule has 26 heavy (non-hydrogen) atoms. The first kappa shape index (κ1) is 19.6. The molecule has 138 valence electrons. The monoisotopic (exact) mass is 375 g/mol. The molecule has 0 radical (unpaired) electrons. The van der Waals surface area contributed by atoms with Gasteiger partial charge in [0.25, 0.3) is 5.91 Å². The molecule has 0 aliphatic carbocycles. The quantitative estimate of drug-likeness (QED) is 0.792. The SMILES string of the molecule is CNC(=O)c1ccc(CN(C)S(=O)(=O)c2ccc(C)c(C(N)=O)c2)cc1. The number of amides is 2. The van der Waals surface area contributed by atoms with Crippen LogP contribution in [-0.2, 0) is 16.6 Å². The molecule has 2 aromatic rings. The standard InChI is InChI=1S/C18H21N3O4S/c1-12-4-9-15(10-16(12)17(19)22)26(24,25)21(3)11-13-5-7-14(8-6-13)18(23)20-2/h4-10H,11H2,1-3H3,(H2,19,22)(H,20,23). The average Bonchev–Trinajstić information content (AvgIpc) is 2.61. The van der Waals surface area contributed by atoms with Gasteiger partial charge in [-0.2, -0.15) is 4.31 Å². The minimum Gasteiger partial charge on any atom is -0.366 e. The Labute approximate surface area is 152 Å². The molecule has 8 heteroatoms. The van der Waals surface area contributed by atoms with E-state index in [1.807, 2.05) is 0 Å². The van der Waals surface area contributed by atoms with E-state index in [-0.39, 0.29) is 22.9 Å². The smallest absolute Gasteiger partial charge is 0.251 e. The number of hydrogen-bond donors (Lipinski definition) is 2. The van der Waals surface area contributed by atoms with Crippen LogP contribution in [0, 0.1) is 6.92 Å². The van der Waals surface area contributed by atoms with Crippen molar-refractivity contribution in [3.8, 4) is 0 Å². The molecule has 3 N–H and O–H groups in total. The molecule has 0 unspecified atom stereocenters. The molecule has 0 aromatic heterocycles. The predicted molar refractivity (Wildman–Crippen MR) is 98.2 cm³/mol. The van der Waals surface area contributed by atoms with E-state index in [0.717, 1.165) is 5.56 Å². The van der Waals surface area contributed by atoms with Crippen molar-refractivity contribution in [1.82, 2.24) is 9.62 Å². The molecule has 7 nitrogen and oxygen atoms in total. The summed E-state index contributed by atoms with van der Waals surface area (Å²) in [5.74, 6) is -0.886. The lowest BCUT2D eigenvalue weighted by atomic mass is 10.1. The van der Waals surface area contributed by atoms with E-state index in [1.165, 1.54) is 23.5 Å². The number of nitrogens with one attached hydrogen (secondary N) is 1. The normalized spacial score (nSPS) is 11.4. The van der Waals surface area contributed by atoms with Crippen molar-refractivity contribution >= 4 is 21.8 Å². The van der Waals surface area contributed by atoms with Gasteiger partial charge in [-0.1, -0.05) is 18.2 Å². The first-order valence-electron chi connectivity index (χ1n) is 7.84. The van der Waals surface area contributed by atoms with Crippen LogP contribution in [0.25, 0.3) is 0 Å². The van der Waals surface area contributed by atoms with Crippen molar-refractivity contribution in [2.45, 2.75) is 18.4 Å². The first-order chi connectivity index (χ1) is 12.2. The summed E-state index contributed by atoms with van der Waals surface area (Å²) in [6.07, 6.45) is 0. The number of primary amides is 1. The summed E-state index contributed by atoms with van der Waals surface area (Å²) in [5, 5.41) is 2.52. The number of carbonyl (C=O) groups excluding carboxylic acids is 2. The van der Waals surface area contributed by atoms with Crippen molar-refractivity contribution in [3.05, 3.63) is 64.7 Å². The van der Waals surface area contributed by atoms with Gasteiger partial charge in [-0.25, -0.2) is 8.42 Å². The van der Waals surface area contributed by atoms with Gasteiger partial charge in [0.05, 0.1) is 4.90 Å². The Bertz CT molecular complexity index is 937. The number of hydrogen-bond acceptors (Lipinski definition) is 4. The van der Waals surface area contributed by atoms with Gasteiger partial charge < -0.3 is 11.1 Å². The van der Waals surface area contributed by atoms with Gasteiger partial charge in [0, 0.05) is 31.8 Å². The van der Waals surface area contributed by atoms with E-state index in [2.05, 4.69) is 5.32 Å². The third-order valence-corrected chi connectivity index (χ3v) is 5.83. The lowest BCUT2D eigenvalue weighted by Gasteiger charge is -2.18. The average molecular weight is 375 g/mol. The van der Waals surface area contributed by atoms with Crippen molar-refractivity contribution in [2.24, 2.45) is 5.73 Å². The molecule has 2 rings (SSSR count). The van der Waals surface area contributed by atoms with E-state index >= 15 is 0 Å². The molecule has 0 saturated carbocycles. The molecule has 0 atom stereocenters. The van der Waals surface area contributed by atoms with Crippen LogP contribution in [-0.4, -0.2) is 38.6 Å². The van der Waals surface area contributed by atoms with Crippen LogP contribution in [0.4, 0.5) is 0 Å². The molecular formula is C18H21N3O4S. The molecule has 0 aliphatic rings. The van der Waals surface area contributed by atoms with Gasteiger partial charge >= 0.3 is 0 Å². The zero-order valence-corrected chi connectivity index (χ0v) is 15.6.